The summed E-state index contributed by atoms with van der Waals surface area (Å²) in [7, 11) is 0. The van der Waals surface area contributed by atoms with E-state index in [1.807, 2.05) is 13.8 Å². The zero-order valence-corrected chi connectivity index (χ0v) is 19.9. The van der Waals surface area contributed by atoms with E-state index in [1.54, 1.807) is 16.2 Å². The third-order valence-electron chi connectivity index (χ3n) is 4.61. The van der Waals surface area contributed by atoms with Crippen LogP contribution in [0.15, 0.2) is 28.6 Å². The molecule has 1 unspecified atom stereocenters. The largest absolute Gasteiger partial charge is 0.365 e. The molecule has 1 aromatic carbocycles. The van der Waals surface area contributed by atoms with Gasteiger partial charge in [-0.15, -0.1) is 35.3 Å². The lowest BCUT2D eigenvalue weighted by Gasteiger charge is -2.21. The van der Waals surface area contributed by atoms with E-state index in [4.69, 9.17) is 0 Å². The average molecular weight is 535 g/mol. The molecule has 1 saturated heterocycles. The van der Waals surface area contributed by atoms with Crippen molar-refractivity contribution in [2.45, 2.75) is 39.2 Å². The molecule has 1 atom stereocenters. The van der Waals surface area contributed by atoms with Gasteiger partial charge in [0.1, 0.15) is 17.3 Å². The second-order valence-electron chi connectivity index (χ2n) is 6.89. The summed E-state index contributed by atoms with van der Waals surface area (Å²) in [4.78, 5) is 10.9. The van der Waals surface area contributed by atoms with Gasteiger partial charge in [-0.1, -0.05) is 6.07 Å². The summed E-state index contributed by atoms with van der Waals surface area (Å²) >= 11 is 1.69. The molecule has 3 rings (SSSR count). The van der Waals surface area contributed by atoms with Crippen LogP contribution in [0.3, 0.4) is 0 Å². The van der Waals surface area contributed by atoms with E-state index in [2.05, 4.69) is 26.0 Å². The number of benzene rings is 1. The van der Waals surface area contributed by atoms with Gasteiger partial charge in [0.25, 0.3) is 0 Å². The normalized spacial score (nSPS) is 16.6. The number of anilines is 1. The van der Waals surface area contributed by atoms with E-state index in [9.17, 15) is 8.78 Å². The molecule has 1 aromatic heterocycles. The van der Waals surface area contributed by atoms with Crippen LogP contribution in [0, 0.1) is 18.6 Å². The van der Waals surface area contributed by atoms with Gasteiger partial charge in [-0.2, -0.15) is 0 Å². The van der Waals surface area contributed by atoms with Crippen LogP contribution in [-0.4, -0.2) is 43.2 Å². The van der Waals surface area contributed by atoms with Crippen LogP contribution in [0.1, 0.15) is 30.5 Å². The Morgan fingerprint density at radius 2 is 2.10 bits per heavy atom. The number of halogens is 3. The molecule has 9 heteroatoms. The molecular formula is C20H28F2IN5S. The standard InChI is InChI=1S/C20H27F2N5S.HI/c1-3-23-20(24-10-5-8-18-25-14(2)13-28-18)26-15-9-11-27(12-15)19-16(21)6-4-7-17(19)22;/h4,6-7,13,15H,3,5,8-12H2,1-2H3,(H2,23,24,26);1H. The van der Waals surface area contributed by atoms with Crippen molar-refractivity contribution >= 4 is 47.0 Å². The molecule has 0 amide bonds. The predicted octanol–water partition coefficient (Wildman–Crippen LogP) is 4.11. The van der Waals surface area contributed by atoms with Crippen molar-refractivity contribution in [3.8, 4) is 0 Å². The summed E-state index contributed by atoms with van der Waals surface area (Å²) in [5.74, 6) is -0.282. The Hall–Kier alpha value is -1.49. The maximum absolute atomic E-state index is 14.0. The van der Waals surface area contributed by atoms with Gasteiger partial charge in [0.2, 0.25) is 0 Å². The maximum atomic E-state index is 14.0. The fourth-order valence-corrected chi connectivity index (χ4v) is 4.14. The third-order valence-corrected chi connectivity index (χ3v) is 5.64. The van der Waals surface area contributed by atoms with Crippen molar-refractivity contribution in [2.24, 2.45) is 4.99 Å². The van der Waals surface area contributed by atoms with Crippen LogP contribution in [-0.2, 0) is 6.42 Å². The van der Waals surface area contributed by atoms with Gasteiger partial charge in [-0.3, -0.25) is 4.99 Å². The molecule has 5 nitrogen and oxygen atoms in total. The Morgan fingerprint density at radius 1 is 1.34 bits per heavy atom. The third kappa shape index (κ3) is 6.77. The monoisotopic (exact) mass is 535 g/mol. The van der Waals surface area contributed by atoms with Crippen molar-refractivity contribution in [3.05, 3.63) is 45.9 Å². The van der Waals surface area contributed by atoms with E-state index in [-0.39, 0.29) is 35.7 Å². The number of aromatic nitrogens is 1. The second kappa shape index (κ2) is 11.6. The zero-order chi connectivity index (χ0) is 19.9. The maximum Gasteiger partial charge on any atom is 0.191 e. The van der Waals surface area contributed by atoms with Gasteiger partial charge in [0.05, 0.1) is 5.01 Å². The minimum atomic E-state index is -0.515. The number of hydrogen-bond acceptors (Lipinski definition) is 4. The number of hydrogen-bond donors (Lipinski definition) is 2. The minimum Gasteiger partial charge on any atom is -0.365 e. The number of nitrogens with zero attached hydrogens (tertiary/aromatic N) is 3. The molecule has 0 radical (unpaired) electrons. The van der Waals surface area contributed by atoms with E-state index in [0.29, 0.717) is 19.6 Å². The van der Waals surface area contributed by atoms with Gasteiger partial charge in [-0.25, -0.2) is 13.8 Å². The Bertz CT molecular complexity index is 794. The van der Waals surface area contributed by atoms with Gasteiger partial charge in [0.15, 0.2) is 5.96 Å². The molecular weight excluding hydrogens is 507 g/mol. The molecule has 29 heavy (non-hydrogen) atoms. The van der Waals surface area contributed by atoms with Crippen molar-refractivity contribution in [1.29, 1.82) is 0 Å². The van der Waals surface area contributed by atoms with Gasteiger partial charge >= 0.3 is 0 Å². The molecule has 1 fully saturated rings. The van der Waals surface area contributed by atoms with Crippen molar-refractivity contribution in [1.82, 2.24) is 15.6 Å². The van der Waals surface area contributed by atoms with Crippen LogP contribution < -0.4 is 15.5 Å². The first kappa shape index (κ1) is 23.8. The number of para-hydroxylation sites is 1. The molecule has 1 aliphatic rings. The van der Waals surface area contributed by atoms with E-state index < -0.39 is 11.6 Å². The highest BCUT2D eigenvalue weighted by Crippen LogP contribution is 2.26. The molecule has 0 saturated carbocycles. The SMILES string of the molecule is CCNC(=NCCCc1nc(C)cs1)NC1CCN(c2c(F)cccc2F)C1.I. The smallest absolute Gasteiger partial charge is 0.191 e. The highest BCUT2D eigenvalue weighted by atomic mass is 127. The highest BCUT2D eigenvalue weighted by Gasteiger charge is 2.27. The molecule has 2 aromatic rings. The topological polar surface area (TPSA) is 52.6 Å². The lowest BCUT2D eigenvalue weighted by Crippen LogP contribution is -2.44. The molecule has 0 bridgehead atoms. The lowest BCUT2D eigenvalue weighted by molar-refractivity contribution is 0.576. The first-order valence-corrected chi connectivity index (χ1v) is 10.6. The van der Waals surface area contributed by atoms with Crippen LogP contribution in [0.25, 0.3) is 0 Å². The number of guanidine groups is 1. The highest BCUT2D eigenvalue weighted by molar-refractivity contribution is 14.0. The van der Waals surface area contributed by atoms with Crippen LogP contribution >= 0.6 is 35.3 Å². The van der Waals surface area contributed by atoms with Crippen LogP contribution in [0.5, 0.6) is 0 Å². The number of thiazole rings is 1. The summed E-state index contributed by atoms with van der Waals surface area (Å²) < 4.78 is 28.0. The first-order valence-electron chi connectivity index (χ1n) is 9.71. The van der Waals surface area contributed by atoms with Gasteiger partial charge in [0, 0.05) is 49.7 Å². The molecule has 2 N–H and O–H groups in total. The first-order chi connectivity index (χ1) is 13.6. The lowest BCUT2D eigenvalue weighted by atomic mass is 10.2. The fourth-order valence-electron chi connectivity index (χ4n) is 3.32. The summed E-state index contributed by atoms with van der Waals surface area (Å²) in [6, 6.07) is 4.09. The predicted molar refractivity (Wildman–Crippen MR) is 127 cm³/mol. The number of aryl methyl sites for hydroxylation is 2. The Labute approximate surface area is 192 Å². The van der Waals surface area contributed by atoms with Crippen molar-refractivity contribution in [3.63, 3.8) is 0 Å². The zero-order valence-electron chi connectivity index (χ0n) is 16.8. The summed E-state index contributed by atoms with van der Waals surface area (Å²) in [5.41, 5.74) is 1.13. The summed E-state index contributed by atoms with van der Waals surface area (Å²) in [6.45, 7) is 6.63. The Kier molecular flexibility index (Phi) is 9.54. The molecule has 1 aliphatic heterocycles. The average Bonchev–Trinajstić information content (AvgIpc) is 3.28. The molecule has 0 aliphatic carbocycles. The quantitative estimate of drug-likeness (QED) is 0.243. The second-order valence-corrected chi connectivity index (χ2v) is 7.84. The molecule has 2 heterocycles. The van der Waals surface area contributed by atoms with Crippen molar-refractivity contribution in [2.75, 3.05) is 31.1 Å². The summed E-state index contributed by atoms with van der Waals surface area (Å²) in [5, 5.41) is 9.85. The van der Waals surface area contributed by atoms with E-state index in [1.165, 1.54) is 18.2 Å². The van der Waals surface area contributed by atoms with Gasteiger partial charge in [-0.05, 0) is 38.8 Å². The van der Waals surface area contributed by atoms with Crippen LogP contribution in [0.4, 0.5) is 14.5 Å². The Balaban J connectivity index is 0.00000300. The fraction of sp³-hybridized carbons (Fsp3) is 0.500. The molecule has 0 spiro atoms. The summed E-state index contributed by atoms with van der Waals surface area (Å²) in [6.07, 6.45) is 2.66. The number of aliphatic imine (C=N–C) groups is 1. The van der Waals surface area contributed by atoms with E-state index >= 15 is 0 Å². The number of rotatable bonds is 7. The molecule has 160 valence electrons. The minimum absolute atomic E-state index is 0. The Morgan fingerprint density at radius 3 is 2.76 bits per heavy atom. The van der Waals surface area contributed by atoms with Crippen LogP contribution in [0.2, 0.25) is 0 Å². The van der Waals surface area contributed by atoms with Crippen molar-refractivity contribution < 1.29 is 8.78 Å². The number of nitrogens with one attached hydrogen (secondary N) is 2. The van der Waals surface area contributed by atoms with Gasteiger partial charge < -0.3 is 15.5 Å². The van der Waals surface area contributed by atoms with E-state index in [0.717, 1.165) is 42.5 Å².